The van der Waals surface area contributed by atoms with Crippen LogP contribution in [-0.4, -0.2) is 117 Å². The van der Waals surface area contributed by atoms with Crippen molar-refractivity contribution in [2.24, 2.45) is 0 Å². The summed E-state index contributed by atoms with van der Waals surface area (Å²) < 4.78 is 58.9. The van der Waals surface area contributed by atoms with Gasteiger partial charge in [-0.15, -0.1) is 0 Å². The van der Waals surface area contributed by atoms with E-state index < -0.39 is 15.7 Å². The fourth-order valence-electron chi connectivity index (χ4n) is 3.53. The van der Waals surface area contributed by atoms with Gasteiger partial charge in [0, 0.05) is 12.6 Å². The molecule has 0 bridgehead atoms. The van der Waals surface area contributed by atoms with Crippen LogP contribution in [-0.2, 0) is 42.7 Å². The van der Waals surface area contributed by atoms with Gasteiger partial charge in [0.15, 0.2) is 0 Å². The first kappa shape index (κ1) is 33.0. The molecule has 1 aliphatic rings. The Morgan fingerprint density at radius 2 is 1.14 bits per heavy atom. The normalized spacial score (nSPS) is 15.2. The van der Waals surface area contributed by atoms with E-state index in [2.05, 4.69) is 4.18 Å². The number of hydrogen-bond acceptors (Lipinski definition) is 10. The number of hydrogen-bond donors (Lipinski definition) is 0. The first-order valence-corrected chi connectivity index (χ1v) is 14.6. The maximum atomic E-state index is 12.7. The molecule has 1 fully saturated rings. The lowest BCUT2D eigenvalue weighted by atomic mass is 9.94. The number of amides is 1. The highest BCUT2D eigenvalue weighted by Gasteiger charge is 2.29. The molecule has 0 unspecified atom stereocenters. The van der Waals surface area contributed by atoms with Crippen molar-refractivity contribution < 1.29 is 45.8 Å². The molecule has 0 heterocycles. The highest BCUT2D eigenvalue weighted by atomic mass is 32.2. The van der Waals surface area contributed by atoms with Crippen molar-refractivity contribution in [1.29, 1.82) is 0 Å². The first-order chi connectivity index (χ1) is 17.1. The predicted octanol–water partition coefficient (Wildman–Crippen LogP) is 2.62. The molecule has 1 amide bonds. The number of nitrogens with zero attached hydrogens (tertiary/aromatic N) is 1. The average Bonchev–Trinajstić information content (AvgIpc) is 2.79. The molecule has 1 rings (SSSR count). The Hall–Kier alpha value is -1.02. The minimum absolute atomic E-state index is 0.00201. The summed E-state index contributed by atoms with van der Waals surface area (Å²) in [6.07, 6.45) is 6.29. The van der Waals surface area contributed by atoms with E-state index in [1.165, 1.54) is 6.42 Å². The molecule has 12 heteroatoms. The summed E-state index contributed by atoms with van der Waals surface area (Å²) in [7, 11) is -3.42. The summed E-state index contributed by atoms with van der Waals surface area (Å²) in [5.41, 5.74) is -0.514. The fraction of sp³-hybridized carbons (Fsp3) is 0.958. The first-order valence-electron chi connectivity index (χ1n) is 12.8. The molecule has 0 spiro atoms. The number of carbonyl (C=O) groups excluding carboxylic acids is 1. The van der Waals surface area contributed by atoms with Gasteiger partial charge in [0.05, 0.1) is 78.9 Å². The maximum Gasteiger partial charge on any atom is 0.410 e. The summed E-state index contributed by atoms with van der Waals surface area (Å²) in [6.45, 7) is 10.2. The molecule has 11 nitrogen and oxygen atoms in total. The Balaban J connectivity index is 1.96. The summed E-state index contributed by atoms with van der Waals surface area (Å²) in [5, 5.41) is 0. The highest BCUT2D eigenvalue weighted by molar-refractivity contribution is 7.85. The Bertz CT molecular complexity index is 662. The van der Waals surface area contributed by atoms with Crippen molar-refractivity contribution in [1.82, 2.24) is 4.90 Å². The van der Waals surface area contributed by atoms with Gasteiger partial charge in [0.25, 0.3) is 10.1 Å². The lowest BCUT2D eigenvalue weighted by Gasteiger charge is -2.35. The zero-order valence-electron chi connectivity index (χ0n) is 22.5. The SMILES string of the molecule is CC(C)(C)OC(=O)N(CCOCCOCCOCCOCCOCCOS(C)(=O)=O)C1CCCCC1. The van der Waals surface area contributed by atoms with Gasteiger partial charge in [-0.1, -0.05) is 19.3 Å². The van der Waals surface area contributed by atoms with Crippen LogP contribution in [0.2, 0.25) is 0 Å². The van der Waals surface area contributed by atoms with Gasteiger partial charge in [0.1, 0.15) is 5.60 Å². The molecule has 0 aromatic rings. The zero-order valence-corrected chi connectivity index (χ0v) is 23.4. The maximum absolute atomic E-state index is 12.7. The second-order valence-corrected chi connectivity index (χ2v) is 11.2. The van der Waals surface area contributed by atoms with E-state index in [4.69, 9.17) is 28.4 Å². The average molecular weight is 542 g/mol. The van der Waals surface area contributed by atoms with Crippen LogP contribution in [0, 0.1) is 0 Å². The lowest BCUT2D eigenvalue weighted by Crippen LogP contribution is -2.45. The van der Waals surface area contributed by atoms with Crippen molar-refractivity contribution in [2.75, 3.05) is 85.5 Å². The van der Waals surface area contributed by atoms with Crippen LogP contribution >= 0.6 is 0 Å². The van der Waals surface area contributed by atoms with Gasteiger partial charge in [0.2, 0.25) is 0 Å². The summed E-state index contributed by atoms with van der Waals surface area (Å²) in [5.74, 6) is 0. The molecule has 36 heavy (non-hydrogen) atoms. The monoisotopic (exact) mass is 541 g/mol. The summed E-state index contributed by atoms with van der Waals surface area (Å²) in [4.78, 5) is 14.5. The Kier molecular flexibility index (Phi) is 17.5. The number of rotatable bonds is 20. The predicted molar refractivity (Wildman–Crippen MR) is 135 cm³/mol. The third-order valence-corrected chi connectivity index (χ3v) is 5.73. The molecule has 0 N–H and O–H groups in total. The van der Waals surface area contributed by atoms with Gasteiger partial charge >= 0.3 is 6.09 Å². The third kappa shape index (κ3) is 19.1. The van der Waals surface area contributed by atoms with E-state index in [0.29, 0.717) is 66.0 Å². The van der Waals surface area contributed by atoms with Crippen LogP contribution in [0.1, 0.15) is 52.9 Å². The minimum Gasteiger partial charge on any atom is -0.444 e. The van der Waals surface area contributed by atoms with Crippen molar-refractivity contribution in [3.8, 4) is 0 Å². The van der Waals surface area contributed by atoms with E-state index in [1.54, 1.807) is 0 Å². The fourth-order valence-corrected chi connectivity index (χ4v) is 3.90. The Labute approximate surface area is 217 Å². The molecule has 0 aliphatic heterocycles. The largest absolute Gasteiger partial charge is 0.444 e. The molecule has 214 valence electrons. The van der Waals surface area contributed by atoms with E-state index in [-0.39, 0.29) is 25.3 Å². The van der Waals surface area contributed by atoms with Gasteiger partial charge < -0.3 is 33.3 Å². The topological polar surface area (TPSA) is 119 Å². The second-order valence-electron chi connectivity index (χ2n) is 9.55. The van der Waals surface area contributed by atoms with Gasteiger partial charge in [-0.25, -0.2) is 4.79 Å². The molecular weight excluding hydrogens is 494 g/mol. The molecule has 0 aromatic carbocycles. The lowest BCUT2D eigenvalue weighted by molar-refractivity contribution is -0.0176. The van der Waals surface area contributed by atoms with Crippen molar-refractivity contribution in [3.05, 3.63) is 0 Å². The third-order valence-electron chi connectivity index (χ3n) is 5.13. The van der Waals surface area contributed by atoms with Crippen molar-refractivity contribution in [3.63, 3.8) is 0 Å². The zero-order chi connectivity index (χ0) is 26.7. The molecule has 0 radical (unpaired) electrons. The molecule has 1 aliphatic carbocycles. The standard InChI is InChI=1S/C24H47NO10S/c1-24(2,3)35-23(26)25(22-8-6-5-7-9-22)10-11-29-12-13-30-14-15-31-16-17-32-18-19-33-20-21-34-36(4,27)28/h22H,5-21H2,1-4H3. The van der Waals surface area contributed by atoms with E-state index in [0.717, 1.165) is 31.9 Å². The molecule has 0 aromatic heterocycles. The van der Waals surface area contributed by atoms with Crippen LogP contribution < -0.4 is 0 Å². The van der Waals surface area contributed by atoms with Gasteiger partial charge in [-0.05, 0) is 33.6 Å². The summed E-state index contributed by atoms with van der Waals surface area (Å²) in [6, 6.07) is 0.226. The number of carbonyl (C=O) groups is 1. The Morgan fingerprint density at radius 1 is 0.722 bits per heavy atom. The number of ether oxygens (including phenoxy) is 6. The van der Waals surface area contributed by atoms with E-state index in [1.807, 2.05) is 25.7 Å². The van der Waals surface area contributed by atoms with Crippen molar-refractivity contribution in [2.45, 2.75) is 64.5 Å². The highest BCUT2D eigenvalue weighted by Crippen LogP contribution is 2.24. The van der Waals surface area contributed by atoms with Crippen LogP contribution in [0.15, 0.2) is 0 Å². The van der Waals surface area contributed by atoms with Crippen LogP contribution in [0.4, 0.5) is 4.79 Å². The molecule has 0 saturated heterocycles. The molecule has 1 saturated carbocycles. The molecule has 0 atom stereocenters. The van der Waals surface area contributed by atoms with Gasteiger partial charge in [-0.3, -0.25) is 4.18 Å². The van der Waals surface area contributed by atoms with E-state index >= 15 is 0 Å². The quantitative estimate of drug-likeness (QED) is 0.168. The molecular formula is C24H47NO10S. The van der Waals surface area contributed by atoms with Crippen LogP contribution in [0.5, 0.6) is 0 Å². The minimum atomic E-state index is -3.42. The van der Waals surface area contributed by atoms with Crippen LogP contribution in [0.3, 0.4) is 0 Å². The van der Waals surface area contributed by atoms with E-state index in [9.17, 15) is 13.2 Å². The summed E-state index contributed by atoms with van der Waals surface area (Å²) >= 11 is 0. The Morgan fingerprint density at radius 3 is 1.56 bits per heavy atom. The van der Waals surface area contributed by atoms with Crippen molar-refractivity contribution >= 4 is 16.2 Å². The van der Waals surface area contributed by atoms with Crippen LogP contribution in [0.25, 0.3) is 0 Å². The van der Waals surface area contributed by atoms with Gasteiger partial charge in [-0.2, -0.15) is 8.42 Å². The second kappa shape index (κ2) is 19.1. The smallest absolute Gasteiger partial charge is 0.410 e.